The fourth-order valence-corrected chi connectivity index (χ4v) is 4.02. The van der Waals surface area contributed by atoms with Gasteiger partial charge in [-0.25, -0.2) is 4.39 Å². The lowest BCUT2D eigenvalue weighted by molar-refractivity contribution is -0.134. The average molecular weight is 417 g/mol. The van der Waals surface area contributed by atoms with Crippen LogP contribution >= 0.6 is 11.6 Å². The van der Waals surface area contributed by atoms with Crippen molar-refractivity contribution >= 4 is 34.1 Å². The molecule has 1 fully saturated rings. The van der Waals surface area contributed by atoms with E-state index in [1.165, 1.54) is 13.2 Å². The quantitative estimate of drug-likeness (QED) is 0.652. The second kappa shape index (κ2) is 7.91. The molecule has 0 aliphatic carbocycles. The molecule has 8 heteroatoms. The number of anilines is 1. The number of benzene rings is 2. The molecule has 1 aromatic heterocycles. The van der Waals surface area contributed by atoms with E-state index in [0.717, 1.165) is 10.9 Å². The van der Waals surface area contributed by atoms with Gasteiger partial charge in [0, 0.05) is 43.3 Å². The van der Waals surface area contributed by atoms with Gasteiger partial charge in [0.1, 0.15) is 18.1 Å². The summed E-state index contributed by atoms with van der Waals surface area (Å²) in [5.41, 5.74) is 1.30. The van der Waals surface area contributed by atoms with E-state index in [1.54, 1.807) is 10.7 Å². The Morgan fingerprint density at radius 3 is 2.83 bits per heavy atom. The number of rotatable bonds is 4. The minimum Gasteiger partial charge on any atom is -0.495 e. The van der Waals surface area contributed by atoms with Crippen molar-refractivity contribution in [3.63, 3.8) is 0 Å². The summed E-state index contributed by atoms with van der Waals surface area (Å²) in [6.07, 6.45) is 1.88. The molecule has 2 heterocycles. The molecule has 6 nitrogen and oxygen atoms in total. The summed E-state index contributed by atoms with van der Waals surface area (Å²) in [7, 11) is 1.50. The van der Waals surface area contributed by atoms with E-state index in [1.807, 2.05) is 47.2 Å². The number of hydrogen-bond donors (Lipinski definition) is 0. The van der Waals surface area contributed by atoms with Gasteiger partial charge in [0.15, 0.2) is 0 Å². The SMILES string of the molecule is COc1cc(N2CCN(C(=O)Cn3cc4ccccc4n3)[C@@H](C)C2)c(F)cc1Cl. The summed E-state index contributed by atoms with van der Waals surface area (Å²) in [4.78, 5) is 16.6. The zero-order valence-electron chi connectivity index (χ0n) is 16.3. The molecule has 152 valence electrons. The van der Waals surface area contributed by atoms with Gasteiger partial charge in [0.2, 0.25) is 5.91 Å². The molecule has 0 N–H and O–H groups in total. The maximum absolute atomic E-state index is 14.4. The van der Waals surface area contributed by atoms with Crippen molar-refractivity contribution in [1.29, 1.82) is 0 Å². The van der Waals surface area contributed by atoms with Crippen molar-refractivity contribution < 1.29 is 13.9 Å². The monoisotopic (exact) mass is 416 g/mol. The van der Waals surface area contributed by atoms with Crippen LogP contribution in [0.25, 0.3) is 10.9 Å². The highest BCUT2D eigenvalue weighted by molar-refractivity contribution is 6.32. The van der Waals surface area contributed by atoms with Gasteiger partial charge in [0.25, 0.3) is 0 Å². The summed E-state index contributed by atoms with van der Waals surface area (Å²) in [5.74, 6) is 0.0325. The standard InChI is InChI=1S/C21H22ClFN4O2/c1-14-11-25(19-10-20(29-2)16(22)9-17(19)23)7-8-27(14)21(28)13-26-12-15-5-3-4-6-18(15)24-26/h3-6,9-10,12,14H,7-8,11,13H2,1-2H3/t14-/m0/s1. The van der Waals surface area contributed by atoms with Crippen molar-refractivity contribution in [3.05, 3.63) is 53.4 Å². The van der Waals surface area contributed by atoms with Gasteiger partial charge in [-0.05, 0) is 19.1 Å². The van der Waals surface area contributed by atoms with E-state index in [9.17, 15) is 9.18 Å². The third kappa shape index (κ3) is 3.87. The number of hydrogen-bond acceptors (Lipinski definition) is 4. The van der Waals surface area contributed by atoms with Crippen molar-refractivity contribution in [3.8, 4) is 5.75 Å². The molecule has 0 spiro atoms. The Hall–Kier alpha value is -2.80. The first-order valence-corrected chi connectivity index (χ1v) is 9.83. The van der Waals surface area contributed by atoms with E-state index in [4.69, 9.17) is 16.3 Å². The van der Waals surface area contributed by atoms with Crippen LogP contribution in [0.15, 0.2) is 42.6 Å². The fourth-order valence-electron chi connectivity index (χ4n) is 3.79. The van der Waals surface area contributed by atoms with E-state index in [-0.39, 0.29) is 23.5 Å². The highest BCUT2D eigenvalue weighted by Crippen LogP contribution is 2.33. The lowest BCUT2D eigenvalue weighted by Crippen LogP contribution is -2.55. The number of amides is 1. The Morgan fingerprint density at radius 2 is 2.10 bits per heavy atom. The van der Waals surface area contributed by atoms with Crippen LogP contribution in [0.1, 0.15) is 6.92 Å². The minimum atomic E-state index is -0.397. The maximum atomic E-state index is 14.4. The van der Waals surface area contributed by atoms with Crippen LogP contribution in [0.2, 0.25) is 5.02 Å². The second-order valence-electron chi connectivity index (χ2n) is 7.21. The van der Waals surface area contributed by atoms with Crippen LogP contribution in [0.3, 0.4) is 0 Å². The Morgan fingerprint density at radius 1 is 1.31 bits per heavy atom. The van der Waals surface area contributed by atoms with Crippen LogP contribution in [0, 0.1) is 5.82 Å². The first kappa shape index (κ1) is 19.5. The summed E-state index contributed by atoms with van der Waals surface area (Å²) in [6.45, 7) is 3.70. The number of nitrogens with zero attached hydrogens (tertiary/aromatic N) is 4. The van der Waals surface area contributed by atoms with Crippen molar-refractivity contribution in [2.75, 3.05) is 31.6 Å². The van der Waals surface area contributed by atoms with Gasteiger partial charge in [-0.1, -0.05) is 29.8 Å². The molecule has 1 atom stereocenters. The predicted octanol–water partition coefficient (Wildman–Crippen LogP) is 3.57. The minimum absolute atomic E-state index is 0.000820. The summed E-state index contributed by atoms with van der Waals surface area (Å²) in [5, 5.41) is 5.70. The molecule has 1 amide bonds. The molecule has 0 bridgehead atoms. The number of carbonyl (C=O) groups is 1. The molecular weight excluding hydrogens is 395 g/mol. The molecule has 4 rings (SSSR count). The highest BCUT2D eigenvalue weighted by atomic mass is 35.5. The molecular formula is C21H22ClFN4O2. The highest BCUT2D eigenvalue weighted by Gasteiger charge is 2.29. The first-order valence-electron chi connectivity index (χ1n) is 9.46. The molecule has 1 aliphatic heterocycles. The lowest BCUT2D eigenvalue weighted by Gasteiger charge is -2.41. The van der Waals surface area contributed by atoms with Gasteiger partial charge in [-0.3, -0.25) is 9.48 Å². The molecule has 3 aromatic rings. The third-order valence-electron chi connectivity index (χ3n) is 5.27. The van der Waals surface area contributed by atoms with Gasteiger partial charge in [0.05, 0.1) is 23.3 Å². The average Bonchev–Trinajstić information content (AvgIpc) is 3.10. The molecule has 0 saturated carbocycles. The molecule has 1 saturated heterocycles. The van der Waals surface area contributed by atoms with Gasteiger partial charge in [-0.2, -0.15) is 5.10 Å². The summed E-state index contributed by atoms with van der Waals surface area (Å²) in [6, 6.07) is 10.6. The van der Waals surface area contributed by atoms with Crippen LogP contribution in [0.5, 0.6) is 5.75 Å². The molecule has 0 unspecified atom stereocenters. The summed E-state index contributed by atoms with van der Waals surface area (Å²) >= 11 is 6.00. The van der Waals surface area contributed by atoms with Crippen molar-refractivity contribution in [1.82, 2.24) is 14.7 Å². The number of piperazine rings is 1. The van der Waals surface area contributed by atoms with Crippen molar-refractivity contribution in [2.24, 2.45) is 0 Å². The van der Waals surface area contributed by atoms with Crippen molar-refractivity contribution in [2.45, 2.75) is 19.5 Å². The second-order valence-corrected chi connectivity index (χ2v) is 7.61. The predicted molar refractivity (Wildman–Crippen MR) is 111 cm³/mol. The Kier molecular flexibility index (Phi) is 5.32. The lowest BCUT2D eigenvalue weighted by atomic mass is 10.1. The molecule has 0 radical (unpaired) electrons. The van der Waals surface area contributed by atoms with Gasteiger partial charge >= 0.3 is 0 Å². The number of halogens is 2. The Labute approximate surface area is 173 Å². The van der Waals surface area contributed by atoms with Crippen LogP contribution in [-0.2, 0) is 11.3 Å². The first-order chi connectivity index (χ1) is 14.0. The zero-order chi connectivity index (χ0) is 20.5. The van der Waals surface area contributed by atoms with Gasteiger partial charge < -0.3 is 14.5 Å². The molecule has 2 aromatic carbocycles. The largest absolute Gasteiger partial charge is 0.495 e. The maximum Gasteiger partial charge on any atom is 0.244 e. The Bertz CT molecular complexity index is 1020. The normalized spacial score (nSPS) is 17.0. The number of ether oxygens (including phenoxy) is 1. The van der Waals surface area contributed by atoms with Crippen LogP contribution < -0.4 is 9.64 Å². The smallest absolute Gasteiger partial charge is 0.244 e. The topological polar surface area (TPSA) is 50.6 Å². The van der Waals surface area contributed by atoms with Gasteiger partial charge in [-0.15, -0.1) is 0 Å². The molecule has 29 heavy (non-hydrogen) atoms. The van der Waals surface area contributed by atoms with E-state index in [2.05, 4.69) is 5.10 Å². The van der Waals surface area contributed by atoms with E-state index >= 15 is 0 Å². The Balaban J connectivity index is 1.45. The number of carbonyl (C=O) groups excluding carboxylic acids is 1. The molecule has 1 aliphatic rings. The van der Waals surface area contributed by atoms with E-state index < -0.39 is 5.82 Å². The third-order valence-corrected chi connectivity index (χ3v) is 5.56. The zero-order valence-corrected chi connectivity index (χ0v) is 17.1. The number of aromatic nitrogens is 2. The van der Waals surface area contributed by atoms with Crippen LogP contribution in [-0.4, -0.2) is 53.4 Å². The number of fused-ring (bicyclic) bond motifs is 1. The van der Waals surface area contributed by atoms with Crippen LogP contribution in [0.4, 0.5) is 10.1 Å². The van der Waals surface area contributed by atoms with E-state index in [0.29, 0.717) is 31.1 Å². The summed E-state index contributed by atoms with van der Waals surface area (Å²) < 4.78 is 21.3. The fraction of sp³-hybridized carbons (Fsp3) is 0.333. The number of methoxy groups -OCH3 is 1.